The summed E-state index contributed by atoms with van der Waals surface area (Å²) < 4.78 is 25.9. The molecule has 0 N–H and O–H groups in total. The Hall–Kier alpha value is 0.434. The van der Waals surface area contributed by atoms with Gasteiger partial charge in [-0.3, -0.25) is 0 Å². The van der Waals surface area contributed by atoms with Crippen LogP contribution in [-0.2, 0) is 26.0 Å². The molecule has 0 radical (unpaired) electrons. The quantitative estimate of drug-likeness (QED) is 0.674. The van der Waals surface area contributed by atoms with Crippen molar-refractivity contribution in [3.63, 3.8) is 0 Å². The van der Waals surface area contributed by atoms with Crippen LogP contribution in [-0.4, -0.2) is 11.2 Å². The van der Waals surface area contributed by atoms with Gasteiger partial charge in [-0.2, -0.15) is 0 Å². The van der Waals surface area contributed by atoms with Crippen molar-refractivity contribution in [2.75, 3.05) is 0 Å². The van der Waals surface area contributed by atoms with Gasteiger partial charge in [0.05, 0.1) is 0 Å². The average Bonchev–Trinajstić information content (AvgIpc) is 1.95. The first-order chi connectivity index (χ1) is 7.61. The van der Waals surface area contributed by atoms with Gasteiger partial charge in [0.15, 0.2) is 0 Å². The minimum absolute atomic E-state index is 0.111. The van der Waals surface area contributed by atoms with Crippen LogP contribution in [0.2, 0.25) is 8.45 Å². The van der Waals surface area contributed by atoms with Gasteiger partial charge in [-0.05, 0) is 0 Å². The van der Waals surface area contributed by atoms with E-state index in [1.807, 2.05) is 69.2 Å². The number of hydrogen-bond donors (Lipinski definition) is 0. The van der Waals surface area contributed by atoms with Gasteiger partial charge in [0.2, 0.25) is 0 Å². The monoisotopic (exact) mass is 296 g/mol. The Kier molecular flexibility index (Phi) is 5.21. The number of hydrogen-bond acceptors (Lipinski definition) is 3. The van der Waals surface area contributed by atoms with E-state index in [1.165, 1.54) is 0 Å². The van der Waals surface area contributed by atoms with Gasteiger partial charge in [-0.1, -0.05) is 0 Å². The molecule has 0 aromatic rings. The van der Waals surface area contributed by atoms with Gasteiger partial charge in [0.1, 0.15) is 0 Å². The third-order valence-electron chi connectivity index (χ3n) is 3.10. The topological polar surface area (TPSA) is 35.5 Å². The number of rotatable bonds is 4. The van der Waals surface area contributed by atoms with Crippen LogP contribution in [0.15, 0.2) is 0 Å². The van der Waals surface area contributed by atoms with Crippen molar-refractivity contribution >= 4 is 0 Å². The van der Waals surface area contributed by atoms with Gasteiger partial charge < -0.3 is 0 Å². The predicted molar refractivity (Wildman–Crippen MR) is 72.6 cm³/mol. The van der Waals surface area contributed by atoms with E-state index in [9.17, 15) is 3.32 Å². The van der Waals surface area contributed by atoms with Crippen molar-refractivity contribution in [3.8, 4) is 0 Å². The summed E-state index contributed by atoms with van der Waals surface area (Å²) in [6.07, 6.45) is 0. The molecule has 0 amide bonds. The van der Waals surface area contributed by atoms with Gasteiger partial charge in [0.25, 0.3) is 0 Å². The fourth-order valence-electron chi connectivity index (χ4n) is 2.37. The van der Waals surface area contributed by atoms with Crippen LogP contribution in [0.4, 0.5) is 0 Å². The van der Waals surface area contributed by atoms with E-state index in [0.717, 1.165) is 0 Å². The maximum atomic E-state index is 13.9. The van der Waals surface area contributed by atoms with Crippen LogP contribution in [0.25, 0.3) is 0 Å². The molecular formula is C14H32O3Ti. The second-order valence-corrected chi connectivity index (χ2v) is 15.6. The fourth-order valence-corrected chi connectivity index (χ4v) is 9.76. The van der Waals surface area contributed by atoms with Crippen molar-refractivity contribution in [2.24, 2.45) is 0 Å². The molecule has 0 saturated carbocycles. The van der Waals surface area contributed by atoms with Crippen molar-refractivity contribution in [3.05, 3.63) is 0 Å². The molecular weight excluding hydrogens is 264 g/mol. The summed E-state index contributed by atoms with van der Waals surface area (Å²) in [5.74, 6) is 0. The molecule has 0 spiro atoms. The van der Waals surface area contributed by atoms with Crippen molar-refractivity contribution < 1.29 is 26.0 Å². The zero-order valence-corrected chi connectivity index (χ0v) is 15.4. The molecule has 110 valence electrons. The van der Waals surface area contributed by atoms with Crippen molar-refractivity contribution in [1.82, 2.24) is 0 Å². The molecule has 3 nitrogen and oxygen atoms in total. The molecule has 0 unspecified atom stereocenters. The van der Waals surface area contributed by atoms with Crippen LogP contribution in [0.1, 0.15) is 69.2 Å². The second kappa shape index (κ2) is 5.08. The zero-order valence-electron chi connectivity index (χ0n) is 13.9. The van der Waals surface area contributed by atoms with Crippen molar-refractivity contribution in [1.29, 1.82) is 0 Å². The van der Waals surface area contributed by atoms with Crippen LogP contribution in [0, 0.1) is 0 Å². The SMILES string of the molecule is C[CH](C)[Ti](=[O])([O]C(C)(C)C)([O]C(C)(C)C)[CH](C)C. The van der Waals surface area contributed by atoms with E-state index in [0.29, 0.717) is 0 Å². The standard InChI is InChI=1S/2C4H9O.2C3H7.O.Ti/c2*1-4(2,3)5;2*1-3-2;;/h2*1-3H3;2*3H,1-2H3;;/q2*-1;;;;+2. The molecule has 0 fully saturated rings. The molecule has 0 aliphatic rings. The average molecular weight is 296 g/mol. The summed E-state index contributed by atoms with van der Waals surface area (Å²) in [5, 5.41) is 0. The Balaban J connectivity index is 5.86. The normalized spacial score (nSPS) is 15.6. The third kappa shape index (κ3) is 4.23. The third-order valence-corrected chi connectivity index (χ3v) is 12.8. The van der Waals surface area contributed by atoms with Gasteiger partial charge >= 0.3 is 115 Å². The van der Waals surface area contributed by atoms with Crippen LogP contribution in [0.3, 0.4) is 0 Å². The maximum absolute atomic E-state index is 13.9. The summed E-state index contributed by atoms with van der Waals surface area (Å²) >= 11 is -4.77. The molecule has 0 saturated heterocycles. The van der Waals surface area contributed by atoms with E-state index in [1.54, 1.807) is 0 Å². The van der Waals surface area contributed by atoms with Gasteiger partial charge in [-0.15, -0.1) is 0 Å². The predicted octanol–water partition coefficient (Wildman–Crippen LogP) is 5.14. The first-order valence-corrected chi connectivity index (χ1v) is 10.6. The Labute approximate surface area is 115 Å². The molecule has 4 heteroatoms. The molecule has 0 aromatic carbocycles. The molecule has 0 aliphatic carbocycles. The Morgan fingerprint density at radius 3 is 1.06 bits per heavy atom. The molecule has 0 bridgehead atoms. The van der Waals surface area contributed by atoms with E-state index in [2.05, 4.69) is 0 Å². The van der Waals surface area contributed by atoms with Crippen molar-refractivity contribution in [2.45, 2.75) is 88.9 Å². The fraction of sp³-hybridized carbons (Fsp3) is 1.00. The molecule has 18 heavy (non-hydrogen) atoms. The van der Waals surface area contributed by atoms with Crippen LogP contribution >= 0.6 is 0 Å². The summed E-state index contributed by atoms with van der Waals surface area (Å²) in [6.45, 7) is 19.4. The molecule has 0 atom stereocenters. The summed E-state index contributed by atoms with van der Waals surface area (Å²) in [4.78, 5) is 0. The Morgan fingerprint density at radius 1 is 0.722 bits per heavy atom. The first-order valence-electron chi connectivity index (χ1n) is 6.91. The Bertz CT molecular complexity index is 309. The molecule has 0 rings (SSSR count). The van der Waals surface area contributed by atoms with E-state index in [-0.39, 0.29) is 8.45 Å². The van der Waals surface area contributed by atoms with E-state index >= 15 is 0 Å². The van der Waals surface area contributed by atoms with E-state index in [4.69, 9.17) is 6.64 Å². The van der Waals surface area contributed by atoms with Gasteiger partial charge in [0, 0.05) is 0 Å². The minimum atomic E-state index is -4.77. The zero-order chi connectivity index (χ0) is 15.0. The second-order valence-electron chi connectivity index (χ2n) is 7.86. The summed E-state index contributed by atoms with van der Waals surface area (Å²) in [6, 6.07) is 0. The van der Waals surface area contributed by atoms with Crippen LogP contribution < -0.4 is 0 Å². The Morgan fingerprint density at radius 2 is 0.944 bits per heavy atom. The van der Waals surface area contributed by atoms with Crippen LogP contribution in [0.5, 0.6) is 0 Å². The summed E-state index contributed by atoms with van der Waals surface area (Å²) in [5.41, 5.74) is -0.947. The van der Waals surface area contributed by atoms with Gasteiger partial charge in [-0.25, -0.2) is 0 Å². The first kappa shape index (κ1) is 18.4. The molecule has 0 heterocycles. The molecule has 0 aliphatic heterocycles. The summed E-state index contributed by atoms with van der Waals surface area (Å²) in [7, 11) is 0. The molecule has 0 aromatic heterocycles. The van der Waals surface area contributed by atoms with E-state index < -0.39 is 27.3 Å².